The number of rotatable bonds is 6. The Kier molecular flexibility index (Phi) is 4.85. The largest absolute Gasteiger partial charge is 0.481 e. The van der Waals surface area contributed by atoms with Crippen LogP contribution in [0.15, 0.2) is 29.4 Å². The van der Waals surface area contributed by atoms with Crippen LogP contribution in [0.5, 0.6) is 0 Å². The summed E-state index contributed by atoms with van der Waals surface area (Å²) in [5.41, 5.74) is 7.70. The van der Waals surface area contributed by atoms with Gasteiger partial charge in [0.2, 0.25) is 5.95 Å². The molecule has 0 radical (unpaired) electrons. The van der Waals surface area contributed by atoms with Crippen LogP contribution in [-0.4, -0.2) is 25.8 Å². The lowest BCUT2D eigenvalue weighted by molar-refractivity contribution is -0.136. The molecule has 0 unspecified atom stereocenters. The smallest absolute Gasteiger partial charge is 0.307 e. The predicted molar refractivity (Wildman–Crippen MR) is 82.2 cm³/mol. The molecule has 0 aliphatic carbocycles. The van der Waals surface area contributed by atoms with Gasteiger partial charge >= 0.3 is 5.97 Å². The molecule has 0 fully saturated rings. The van der Waals surface area contributed by atoms with Gasteiger partial charge in [-0.3, -0.25) is 9.36 Å². The quantitative estimate of drug-likeness (QED) is 0.796. The molecule has 0 spiro atoms. The highest BCUT2D eigenvalue weighted by molar-refractivity contribution is 7.98. The lowest BCUT2D eigenvalue weighted by atomic mass is 10.1. The highest BCUT2D eigenvalue weighted by atomic mass is 32.2. The fourth-order valence-corrected chi connectivity index (χ4v) is 2.98. The Morgan fingerprint density at radius 2 is 1.90 bits per heavy atom. The Bertz CT molecular complexity index is 622. The van der Waals surface area contributed by atoms with Crippen molar-refractivity contribution in [2.75, 3.05) is 5.73 Å². The molecule has 0 aliphatic rings. The Balaban J connectivity index is 2.02. The summed E-state index contributed by atoms with van der Waals surface area (Å²) in [6, 6.07) is 7.76. The van der Waals surface area contributed by atoms with Crippen molar-refractivity contribution in [3.8, 4) is 0 Å². The molecule has 2 rings (SSSR count). The number of aromatic nitrogens is 3. The van der Waals surface area contributed by atoms with Crippen LogP contribution in [0.25, 0.3) is 0 Å². The van der Waals surface area contributed by atoms with E-state index >= 15 is 0 Å². The van der Waals surface area contributed by atoms with Crippen molar-refractivity contribution in [3.05, 3.63) is 35.4 Å². The summed E-state index contributed by atoms with van der Waals surface area (Å²) >= 11 is 1.56. The number of nitrogen functional groups attached to an aromatic ring is 1. The summed E-state index contributed by atoms with van der Waals surface area (Å²) in [6.07, 6.45) is 0.0473. The average molecular weight is 306 g/mol. The van der Waals surface area contributed by atoms with Crippen molar-refractivity contribution < 1.29 is 9.90 Å². The second-order valence-electron chi connectivity index (χ2n) is 4.98. The molecule has 0 saturated heterocycles. The molecule has 1 aromatic carbocycles. The van der Waals surface area contributed by atoms with Crippen LogP contribution in [0.3, 0.4) is 0 Å². The molecular formula is C14H18N4O2S. The molecular weight excluding hydrogens is 288 g/mol. The van der Waals surface area contributed by atoms with Gasteiger partial charge in [-0.25, -0.2) is 0 Å². The number of benzene rings is 1. The molecule has 0 saturated carbocycles. The summed E-state index contributed by atoms with van der Waals surface area (Å²) < 4.78 is 1.89. The Hall–Kier alpha value is -2.02. The molecule has 0 amide bonds. The van der Waals surface area contributed by atoms with Crippen molar-refractivity contribution in [1.29, 1.82) is 0 Å². The maximum absolute atomic E-state index is 10.6. The number of carboxylic acid groups (broad SMARTS) is 1. The zero-order valence-electron chi connectivity index (χ0n) is 12.0. The number of nitrogens with zero attached hydrogens (tertiary/aromatic N) is 3. The number of carboxylic acids is 1. The van der Waals surface area contributed by atoms with Gasteiger partial charge in [0.05, 0.1) is 6.42 Å². The number of hydrogen-bond acceptors (Lipinski definition) is 5. The van der Waals surface area contributed by atoms with E-state index in [1.165, 1.54) is 0 Å². The minimum Gasteiger partial charge on any atom is -0.481 e. The minimum atomic E-state index is -0.822. The fourth-order valence-electron chi connectivity index (χ4n) is 1.95. The topological polar surface area (TPSA) is 94.0 Å². The third-order valence-electron chi connectivity index (χ3n) is 2.95. The van der Waals surface area contributed by atoms with E-state index in [1.807, 2.05) is 42.7 Å². The van der Waals surface area contributed by atoms with E-state index in [0.29, 0.717) is 5.95 Å². The Morgan fingerprint density at radius 3 is 2.48 bits per heavy atom. The number of aliphatic carboxylic acids is 1. The van der Waals surface area contributed by atoms with E-state index in [1.54, 1.807) is 11.8 Å². The molecule has 21 heavy (non-hydrogen) atoms. The van der Waals surface area contributed by atoms with Gasteiger partial charge in [-0.1, -0.05) is 36.0 Å². The summed E-state index contributed by atoms with van der Waals surface area (Å²) in [5.74, 6) is 0.333. The SMILES string of the molecule is CC(C)n1c(N)nnc1SCc1ccc(CC(=O)O)cc1. The molecule has 112 valence electrons. The van der Waals surface area contributed by atoms with Crippen molar-refractivity contribution in [2.45, 2.75) is 37.2 Å². The summed E-state index contributed by atoms with van der Waals surface area (Å²) in [4.78, 5) is 10.6. The second kappa shape index (κ2) is 6.62. The van der Waals surface area contributed by atoms with Gasteiger partial charge in [0.25, 0.3) is 0 Å². The molecule has 7 heteroatoms. The van der Waals surface area contributed by atoms with Gasteiger partial charge in [-0.05, 0) is 25.0 Å². The molecule has 0 bridgehead atoms. The van der Waals surface area contributed by atoms with Crippen molar-refractivity contribution >= 4 is 23.7 Å². The Labute approximate surface area is 127 Å². The standard InChI is InChI=1S/C14H18N4O2S/c1-9(2)18-13(15)16-17-14(18)21-8-11-5-3-10(4-6-11)7-12(19)20/h3-6,9H,7-8H2,1-2H3,(H2,15,16)(H,19,20). The Morgan fingerprint density at radius 1 is 1.29 bits per heavy atom. The van der Waals surface area contributed by atoms with Gasteiger partial charge in [0.1, 0.15) is 0 Å². The molecule has 1 aromatic heterocycles. The lowest BCUT2D eigenvalue weighted by Crippen LogP contribution is -2.07. The van der Waals surface area contributed by atoms with E-state index < -0.39 is 5.97 Å². The number of nitrogens with two attached hydrogens (primary N) is 1. The summed E-state index contributed by atoms with van der Waals surface area (Å²) in [7, 11) is 0. The highest BCUT2D eigenvalue weighted by Crippen LogP contribution is 2.25. The first-order chi connectivity index (χ1) is 9.97. The van der Waals surface area contributed by atoms with Crippen LogP contribution in [0.2, 0.25) is 0 Å². The van der Waals surface area contributed by atoms with E-state index in [4.69, 9.17) is 10.8 Å². The molecule has 0 atom stereocenters. The fraction of sp³-hybridized carbons (Fsp3) is 0.357. The van der Waals surface area contributed by atoms with E-state index in [2.05, 4.69) is 10.2 Å². The second-order valence-corrected chi connectivity index (χ2v) is 5.92. The highest BCUT2D eigenvalue weighted by Gasteiger charge is 2.12. The molecule has 3 N–H and O–H groups in total. The predicted octanol–water partition coefficient (Wildman–Crippen LogP) is 2.36. The van der Waals surface area contributed by atoms with Gasteiger partial charge in [0, 0.05) is 11.8 Å². The van der Waals surface area contributed by atoms with Crippen LogP contribution >= 0.6 is 11.8 Å². The van der Waals surface area contributed by atoms with E-state index in [0.717, 1.165) is 22.0 Å². The first-order valence-electron chi connectivity index (χ1n) is 6.60. The molecule has 1 heterocycles. The maximum atomic E-state index is 10.6. The van der Waals surface area contributed by atoms with Crippen LogP contribution in [-0.2, 0) is 17.0 Å². The average Bonchev–Trinajstić information content (AvgIpc) is 2.78. The van der Waals surface area contributed by atoms with Crippen LogP contribution in [0.1, 0.15) is 31.0 Å². The van der Waals surface area contributed by atoms with Crippen LogP contribution in [0.4, 0.5) is 5.95 Å². The number of carbonyl (C=O) groups is 1. The monoisotopic (exact) mass is 306 g/mol. The maximum Gasteiger partial charge on any atom is 0.307 e. The van der Waals surface area contributed by atoms with Crippen LogP contribution < -0.4 is 5.73 Å². The third kappa shape index (κ3) is 3.98. The normalized spacial score (nSPS) is 11.0. The first kappa shape index (κ1) is 15.4. The van der Waals surface area contributed by atoms with Gasteiger partial charge in [-0.15, -0.1) is 10.2 Å². The van der Waals surface area contributed by atoms with Crippen molar-refractivity contribution in [1.82, 2.24) is 14.8 Å². The van der Waals surface area contributed by atoms with Gasteiger partial charge < -0.3 is 10.8 Å². The zero-order valence-corrected chi connectivity index (χ0v) is 12.8. The van der Waals surface area contributed by atoms with Gasteiger partial charge in [0.15, 0.2) is 5.16 Å². The van der Waals surface area contributed by atoms with E-state index in [9.17, 15) is 4.79 Å². The lowest BCUT2D eigenvalue weighted by Gasteiger charge is -2.11. The minimum absolute atomic E-state index is 0.0473. The number of thioether (sulfide) groups is 1. The van der Waals surface area contributed by atoms with Crippen molar-refractivity contribution in [2.24, 2.45) is 0 Å². The van der Waals surface area contributed by atoms with Crippen molar-refractivity contribution in [3.63, 3.8) is 0 Å². The molecule has 2 aromatic rings. The van der Waals surface area contributed by atoms with Crippen LogP contribution in [0, 0.1) is 0 Å². The number of anilines is 1. The third-order valence-corrected chi connectivity index (χ3v) is 3.97. The molecule has 0 aliphatic heterocycles. The molecule has 6 nitrogen and oxygen atoms in total. The first-order valence-corrected chi connectivity index (χ1v) is 7.58. The van der Waals surface area contributed by atoms with Gasteiger partial charge in [-0.2, -0.15) is 0 Å². The number of hydrogen-bond donors (Lipinski definition) is 2. The van der Waals surface area contributed by atoms with E-state index in [-0.39, 0.29) is 12.5 Å². The zero-order chi connectivity index (χ0) is 15.4. The summed E-state index contributed by atoms with van der Waals surface area (Å²) in [5, 5.41) is 17.5. The summed E-state index contributed by atoms with van der Waals surface area (Å²) in [6.45, 7) is 4.06.